The van der Waals surface area contributed by atoms with Crippen LogP contribution in [-0.4, -0.2) is 34.9 Å². The Labute approximate surface area is 465 Å². The lowest BCUT2D eigenvalue weighted by Crippen LogP contribution is -2.45. The third-order valence-corrected chi connectivity index (χ3v) is 16.1. The highest BCUT2D eigenvalue weighted by atomic mass is 16.3. The highest BCUT2D eigenvalue weighted by Gasteiger charge is 2.18. The fourth-order valence-corrected chi connectivity index (χ4v) is 10.9. The Morgan fingerprint density at radius 1 is 0.311 bits per heavy atom. The molecule has 438 valence electrons. The Kier molecular flexibility index (Phi) is 64.7. The van der Waals surface area contributed by atoms with Crippen LogP contribution in [0.4, 0.5) is 0 Å². The summed E-state index contributed by atoms with van der Waals surface area (Å²) in [6, 6.07) is -0.645. The summed E-state index contributed by atoms with van der Waals surface area (Å²) in [5, 5.41) is 23.2. The summed E-state index contributed by atoms with van der Waals surface area (Å²) in [4.78, 5) is 12.5. The van der Waals surface area contributed by atoms with Gasteiger partial charge in [-0.25, -0.2) is 0 Å². The lowest BCUT2D eigenvalue weighted by molar-refractivity contribution is -0.123. The largest absolute Gasteiger partial charge is 0.394 e. The van der Waals surface area contributed by atoms with Crippen molar-refractivity contribution in [2.75, 3.05) is 6.61 Å². The molecule has 0 rings (SSSR count). The van der Waals surface area contributed by atoms with Gasteiger partial charge in [0.25, 0.3) is 0 Å². The van der Waals surface area contributed by atoms with Gasteiger partial charge in [-0.15, -0.1) is 0 Å². The van der Waals surface area contributed by atoms with Crippen LogP contribution in [0.1, 0.15) is 386 Å². The molecule has 74 heavy (non-hydrogen) atoms. The minimum atomic E-state index is -0.870. The minimum absolute atomic E-state index is 0.0699. The zero-order valence-electron chi connectivity index (χ0n) is 50.6. The summed E-state index contributed by atoms with van der Waals surface area (Å²) in [6.07, 6.45) is 91.0. The second kappa shape index (κ2) is 65.9. The van der Waals surface area contributed by atoms with Crippen LogP contribution in [0.5, 0.6) is 0 Å². The van der Waals surface area contributed by atoms with Crippen LogP contribution < -0.4 is 5.32 Å². The van der Waals surface area contributed by atoms with E-state index in [0.717, 1.165) is 38.5 Å². The monoisotopic (exact) mass is 1040 g/mol. The first kappa shape index (κ1) is 72.6. The lowest BCUT2D eigenvalue weighted by atomic mass is 10.0. The van der Waals surface area contributed by atoms with Gasteiger partial charge in [-0.1, -0.05) is 371 Å². The number of hydrogen-bond acceptors (Lipinski definition) is 3. The zero-order valence-corrected chi connectivity index (χ0v) is 50.6. The highest BCUT2D eigenvalue weighted by molar-refractivity contribution is 5.76. The molecule has 0 aliphatic rings. The van der Waals surface area contributed by atoms with Gasteiger partial charge in [-0.05, 0) is 44.9 Å². The molecule has 0 aromatic rings. The van der Waals surface area contributed by atoms with E-state index in [4.69, 9.17) is 0 Å². The van der Waals surface area contributed by atoms with E-state index in [2.05, 4.69) is 43.5 Å². The van der Waals surface area contributed by atoms with Crippen LogP contribution >= 0.6 is 0 Å². The summed E-state index contributed by atoms with van der Waals surface area (Å²) in [7, 11) is 0. The SMILES string of the molecule is CCCCCCCCCCCCCCCC/C=C/CC/C=C/CC/C=C/C(O)C(CO)NC(=O)CCCCCCCCCCCCCCCCCCCCCCCCCCCCCCCCCCCCCCCC. The number of carbonyl (C=O) groups excluding carboxylic acids is 1. The number of rotatable bonds is 64. The molecule has 0 radical (unpaired) electrons. The predicted octanol–water partition coefficient (Wildman–Crippen LogP) is 23.2. The van der Waals surface area contributed by atoms with Crippen molar-refractivity contribution in [3.05, 3.63) is 36.5 Å². The summed E-state index contributed by atoms with van der Waals surface area (Å²) >= 11 is 0. The normalized spacial score (nSPS) is 12.9. The predicted molar refractivity (Wildman–Crippen MR) is 332 cm³/mol. The van der Waals surface area contributed by atoms with Gasteiger partial charge in [0.15, 0.2) is 0 Å². The van der Waals surface area contributed by atoms with E-state index >= 15 is 0 Å². The van der Waals surface area contributed by atoms with Crippen molar-refractivity contribution in [3.63, 3.8) is 0 Å². The van der Waals surface area contributed by atoms with Crippen molar-refractivity contribution < 1.29 is 15.0 Å². The maximum atomic E-state index is 12.5. The average molecular weight is 1040 g/mol. The smallest absolute Gasteiger partial charge is 0.220 e. The fraction of sp³-hybridized carbons (Fsp3) is 0.900. The van der Waals surface area contributed by atoms with Crippen LogP contribution in [0, 0.1) is 0 Å². The molecule has 0 saturated heterocycles. The average Bonchev–Trinajstić information content (AvgIpc) is 3.40. The molecule has 0 fully saturated rings. The molecule has 0 aliphatic carbocycles. The molecule has 2 atom stereocenters. The molecular formula is C70H135NO3. The van der Waals surface area contributed by atoms with Crippen molar-refractivity contribution in [1.29, 1.82) is 0 Å². The van der Waals surface area contributed by atoms with Gasteiger partial charge in [-0.3, -0.25) is 4.79 Å². The molecule has 0 aromatic heterocycles. The number of nitrogens with one attached hydrogen (secondary N) is 1. The minimum Gasteiger partial charge on any atom is -0.394 e. The van der Waals surface area contributed by atoms with E-state index in [9.17, 15) is 15.0 Å². The molecule has 0 aliphatic heterocycles. The maximum Gasteiger partial charge on any atom is 0.220 e. The number of hydrogen-bond donors (Lipinski definition) is 3. The Balaban J connectivity index is 3.43. The Morgan fingerprint density at radius 3 is 0.784 bits per heavy atom. The summed E-state index contributed by atoms with van der Waals surface area (Å²) in [6.45, 7) is 4.34. The first-order valence-electron chi connectivity index (χ1n) is 34.2. The molecule has 3 N–H and O–H groups in total. The highest BCUT2D eigenvalue weighted by Crippen LogP contribution is 2.19. The fourth-order valence-electron chi connectivity index (χ4n) is 10.9. The van der Waals surface area contributed by atoms with Crippen LogP contribution in [0.3, 0.4) is 0 Å². The van der Waals surface area contributed by atoms with Gasteiger partial charge in [0, 0.05) is 6.42 Å². The third kappa shape index (κ3) is 61.5. The van der Waals surface area contributed by atoms with Crippen LogP contribution in [0.2, 0.25) is 0 Å². The van der Waals surface area contributed by atoms with Gasteiger partial charge in [-0.2, -0.15) is 0 Å². The Bertz CT molecular complexity index is 1130. The quantitative estimate of drug-likeness (QED) is 0.0420. The molecule has 0 saturated carbocycles. The molecule has 0 spiro atoms. The second-order valence-corrected chi connectivity index (χ2v) is 23.6. The summed E-state index contributed by atoms with van der Waals surface area (Å²) in [5.74, 6) is -0.0699. The van der Waals surface area contributed by atoms with E-state index in [1.807, 2.05) is 6.08 Å². The van der Waals surface area contributed by atoms with E-state index in [-0.39, 0.29) is 12.5 Å². The molecule has 4 nitrogen and oxygen atoms in total. The van der Waals surface area contributed by atoms with Crippen molar-refractivity contribution in [2.24, 2.45) is 0 Å². The van der Waals surface area contributed by atoms with E-state index < -0.39 is 12.1 Å². The van der Waals surface area contributed by atoms with Gasteiger partial charge in [0.1, 0.15) is 0 Å². The standard InChI is InChI=1S/C70H135NO3/c1-3-5-7-9-11-13-15-17-19-21-23-25-27-29-30-31-32-33-34-35-36-37-38-39-40-41-42-44-46-48-50-52-54-56-58-60-62-64-66-70(74)71-68(67-72)69(73)65-63-61-59-57-55-53-51-49-47-45-43-28-26-24-22-20-18-16-14-12-10-8-6-4-2/h47,49,55,57,63,65,68-69,72-73H,3-46,48,50-54,56,58-62,64,66-67H2,1-2H3,(H,71,74)/b49-47+,57-55+,65-63+. The lowest BCUT2D eigenvalue weighted by Gasteiger charge is -2.19. The molecule has 0 aromatic carbocycles. The zero-order chi connectivity index (χ0) is 53.4. The molecule has 4 heteroatoms. The molecular weight excluding hydrogens is 903 g/mol. The summed E-state index contributed by atoms with van der Waals surface area (Å²) < 4.78 is 0. The van der Waals surface area contributed by atoms with E-state index in [1.165, 1.54) is 327 Å². The second-order valence-electron chi connectivity index (χ2n) is 23.6. The van der Waals surface area contributed by atoms with E-state index in [1.54, 1.807) is 6.08 Å². The maximum absolute atomic E-state index is 12.5. The number of allylic oxidation sites excluding steroid dienone is 5. The van der Waals surface area contributed by atoms with Gasteiger partial charge in [0.05, 0.1) is 18.8 Å². The van der Waals surface area contributed by atoms with Crippen molar-refractivity contribution in [3.8, 4) is 0 Å². The molecule has 0 bridgehead atoms. The first-order chi connectivity index (χ1) is 36.7. The van der Waals surface area contributed by atoms with Gasteiger partial charge in [0.2, 0.25) is 5.91 Å². The molecule has 1 amide bonds. The first-order valence-corrected chi connectivity index (χ1v) is 34.2. The van der Waals surface area contributed by atoms with Gasteiger partial charge >= 0.3 is 0 Å². The number of unbranched alkanes of at least 4 members (excludes halogenated alkanes) is 53. The van der Waals surface area contributed by atoms with Crippen molar-refractivity contribution >= 4 is 5.91 Å². The van der Waals surface area contributed by atoms with Gasteiger partial charge < -0.3 is 15.5 Å². The Hall–Kier alpha value is -1.39. The summed E-state index contributed by atoms with van der Waals surface area (Å²) in [5.41, 5.74) is 0. The molecule has 2 unspecified atom stereocenters. The topological polar surface area (TPSA) is 69.6 Å². The molecule has 0 heterocycles. The van der Waals surface area contributed by atoms with Crippen LogP contribution in [0.25, 0.3) is 0 Å². The van der Waals surface area contributed by atoms with Crippen LogP contribution in [-0.2, 0) is 4.79 Å². The van der Waals surface area contributed by atoms with Crippen LogP contribution in [0.15, 0.2) is 36.5 Å². The third-order valence-electron chi connectivity index (χ3n) is 16.1. The Morgan fingerprint density at radius 2 is 0.527 bits per heavy atom. The number of carbonyl (C=O) groups is 1. The number of aliphatic hydroxyl groups is 2. The number of amides is 1. The van der Waals surface area contributed by atoms with Crippen molar-refractivity contribution in [1.82, 2.24) is 5.32 Å². The van der Waals surface area contributed by atoms with Crippen molar-refractivity contribution in [2.45, 2.75) is 398 Å². The number of aliphatic hydroxyl groups excluding tert-OH is 2. The van der Waals surface area contributed by atoms with E-state index in [0.29, 0.717) is 6.42 Å².